The summed E-state index contributed by atoms with van der Waals surface area (Å²) in [6, 6.07) is 4.69. The van der Waals surface area contributed by atoms with E-state index in [1.807, 2.05) is 0 Å². The first-order chi connectivity index (χ1) is 7.49. The molecule has 0 aromatic heterocycles. The van der Waals surface area contributed by atoms with Crippen LogP contribution in [-0.2, 0) is 0 Å². The van der Waals surface area contributed by atoms with Crippen LogP contribution in [-0.4, -0.2) is 6.04 Å². The highest BCUT2D eigenvalue weighted by atomic mass is 35.5. The largest absolute Gasteiger partial charge is 0.381 e. The number of nitrogens with one attached hydrogen (secondary N) is 1. The van der Waals surface area contributed by atoms with Gasteiger partial charge in [-0.25, -0.2) is 4.39 Å². The third kappa shape index (κ3) is 4.40. The molecular formula is C13H19ClFN. The molecule has 0 aliphatic carbocycles. The van der Waals surface area contributed by atoms with Crippen molar-refractivity contribution in [1.82, 2.24) is 0 Å². The standard InChI is InChI=1S/C13H19ClFN/c1-9(2)4-5-10(3)16-13-8-11(15)6-7-12(13)14/h6-10,16H,4-5H2,1-3H3. The first kappa shape index (κ1) is 13.3. The van der Waals surface area contributed by atoms with Gasteiger partial charge in [0.15, 0.2) is 0 Å². The van der Waals surface area contributed by atoms with Crippen molar-refractivity contribution in [2.24, 2.45) is 5.92 Å². The zero-order valence-electron chi connectivity index (χ0n) is 10.1. The van der Waals surface area contributed by atoms with E-state index in [9.17, 15) is 4.39 Å². The Hall–Kier alpha value is -0.760. The molecular weight excluding hydrogens is 225 g/mol. The smallest absolute Gasteiger partial charge is 0.125 e. The highest BCUT2D eigenvalue weighted by molar-refractivity contribution is 6.33. The molecule has 0 aliphatic heterocycles. The summed E-state index contributed by atoms with van der Waals surface area (Å²) in [5.74, 6) is 0.426. The fraction of sp³-hybridized carbons (Fsp3) is 0.538. The Morgan fingerprint density at radius 2 is 1.94 bits per heavy atom. The highest BCUT2D eigenvalue weighted by Gasteiger charge is 2.07. The van der Waals surface area contributed by atoms with E-state index in [0.717, 1.165) is 12.8 Å². The summed E-state index contributed by atoms with van der Waals surface area (Å²) in [5.41, 5.74) is 0.679. The van der Waals surface area contributed by atoms with Crippen molar-refractivity contribution < 1.29 is 4.39 Å². The highest BCUT2D eigenvalue weighted by Crippen LogP contribution is 2.24. The van der Waals surface area contributed by atoms with Crippen LogP contribution in [0.3, 0.4) is 0 Å². The number of rotatable bonds is 5. The SMILES string of the molecule is CC(C)CCC(C)Nc1cc(F)ccc1Cl. The maximum atomic E-state index is 13.0. The van der Waals surface area contributed by atoms with Crippen LogP contribution >= 0.6 is 11.6 Å². The fourth-order valence-electron chi connectivity index (χ4n) is 1.53. The summed E-state index contributed by atoms with van der Waals surface area (Å²) in [5, 5.41) is 3.80. The molecule has 90 valence electrons. The Morgan fingerprint density at radius 1 is 1.25 bits per heavy atom. The van der Waals surface area contributed by atoms with Crippen molar-refractivity contribution in [1.29, 1.82) is 0 Å². The Morgan fingerprint density at radius 3 is 2.56 bits per heavy atom. The maximum Gasteiger partial charge on any atom is 0.125 e. The van der Waals surface area contributed by atoms with Crippen LogP contribution in [0.5, 0.6) is 0 Å². The molecule has 0 amide bonds. The Kier molecular flexibility index (Phi) is 5.07. The predicted molar refractivity (Wildman–Crippen MR) is 68.6 cm³/mol. The molecule has 0 radical (unpaired) electrons. The minimum atomic E-state index is -0.261. The third-order valence-electron chi connectivity index (χ3n) is 2.51. The molecule has 1 rings (SSSR count). The molecule has 1 unspecified atom stereocenters. The zero-order valence-corrected chi connectivity index (χ0v) is 10.8. The van der Waals surface area contributed by atoms with Gasteiger partial charge in [-0.05, 0) is 43.9 Å². The van der Waals surface area contributed by atoms with E-state index < -0.39 is 0 Å². The normalized spacial score (nSPS) is 12.9. The van der Waals surface area contributed by atoms with Crippen molar-refractivity contribution in [3.63, 3.8) is 0 Å². The molecule has 1 aromatic carbocycles. The molecule has 1 N–H and O–H groups in total. The second kappa shape index (κ2) is 6.09. The van der Waals surface area contributed by atoms with Gasteiger partial charge in [0.05, 0.1) is 10.7 Å². The monoisotopic (exact) mass is 243 g/mol. The van der Waals surface area contributed by atoms with Crippen molar-refractivity contribution in [3.05, 3.63) is 29.0 Å². The van der Waals surface area contributed by atoms with Crippen LogP contribution in [0.4, 0.5) is 10.1 Å². The van der Waals surface area contributed by atoms with Gasteiger partial charge in [-0.15, -0.1) is 0 Å². The molecule has 1 aromatic rings. The molecule has 1 atom stereocenters. The molecule has 16 heavy (non-hydrogen) atoms. The van der Waals surface area contributed by atoms with Crippen LogP contribution in [0.25, 0.3) is 0 Å². The molecule has 0 saturated heterocycles. The number of hydrogen-bond acceptors (Lipinski definition) is 1. The first-order valence-corrected chi connectivity index (χ1v) is 6.08. The van der Waals surface area contributed by atoms with Crippen LogP contribution in [0.2, 0.25) is 5.02 Å². The minimum Gasteiger partial charge on any atom is -0.381 e. The lowest BCUT2D eigenvalue weighted by atomic mass is 10.0. The Labute approximate surface area is 102 Å². The lowest BCUT2D eigenvalue weighted by Crippen LogP contribution is -2.16. The third-order valence-corrected chi connectivity index (χ3v) is 2.84. The molecule has 3 heteroatoms. The van der Waals surface area contributed by atoms with Gasteiger partial charge in [0.2, 0.25) is 0 Å². The zero-order chi connectivity index (χ0) is 12.1. The number of hydrogen-bond donors (Lipinski definition) is 1. The van der Waals surface area contributed by atoms with E-state index in [1.54, 1.807) is 6.07 Å². The quantitative estimate of drug-likeness (QED) is 0.789. The summed E-state index contributed by atoms with van der Waals surface area (Å²) in [6.07, 6.45) is 2.21. The Balaban J connectivity index is 2.55. The topological polar surface area (TPSA) is 12.0 Å². The second-order valence-corrected chi connectivity index (χ2v) is 5.05. The van der Waals surface area contributed by atoms with E-state index in [0.29, 0.717) is 22.7 Å². The van der Waals surface area contributed by atoms with E-state index in [4.69, 9.17) is 11.6 Å². The van der Waals surface area contributed by atoms with E-state index in [2.05, 4.69) is 26.1 Å². The number of halogens is 2. The fourth-order valence-corrected chi connectivity index (χ4v) is 1.70. The van der Waals surface area contributed by atoms with Crippen molar-refractivity contribution in [2.75, 3.05) is 5.32 Å². The molecule has 1 nitrogen and oxygen atoms in total. The summed E-state index contributed by atoms with van der Waals surface area (Å²) < 4.78 is 13.0. The molecule has 0 aliphatic rings. The number of benzene rings is 1. The molecule has 0 saturated carbocycles. The minimum absolute atomic E-state index is 0.261. The van der Waals surface area contributed by atoms with Crippen LogP contribution in [0.15, 0.2) is 18.2 Å². The lowest BCUT2D eigenvalue weighted by Gasteiger charge is -2.17. The molecule has 0 bridgehead atoms. The van der Waals surface area contributed by atoms with Crippen molar-refractivity contribution in [3.8, 4) is 0 Å². The van der Waals surface area contributed by atoms with Crippen molar-refractivity contribution >= 4 is 17.3 Å². The first-order valence-electron chi connectivity index (χ1n) is 5.70. The van der Waals surface area contributed by atoms with E-state index in [-0.39, 0.29) is 5.82 Å². The maximum absolute atomic E-state index is 13.0. The van der Waals surface area contributed by atoms with Crippen molar-refractivity contribution in [2.45, 2.75) is 39.7 Å². The van der Waals surface area contributed by atoms with Gasteiger partial charge in [-0.1, -0.05) is 25.4 Å². The van der Waals surface area contributed by atoms with Crippen LogP contribution in [0.1, 0.15) is 33.6 Å². The summed E-state index contributed by atoms with van der Waals surface area (Å²) >= 11 is 5.97. The van der Waals surface area contributed by atoms with Crippen LogP contribution < -0.4 is 5.32 Å². The van der Waals surface area contributed by atoms with Gasteiger partial charge in [-0.2, -0.15) is 0 Å². The summed E-state index contributed by atoms with van der Waals surface area (Å²) in [6.45, 7) is 6.48. The second-order valence-electron chi connectivity index (χ2n) is 4.64. The van der Waals surface area contributed by atoms with Gasteiger partial charge in [0.25, 0.3) is 0 Å². The van der Waals surface area contributed by atoms with Gasteiger partial charge in [0.1, 0.15) is 5.82 Å². The average molecular weight is 244 g/mol. The predicted octanol–water partition coefficient (Wildman–Crippen LogP) is 4.72. The molecule has 0 spiro atoms. The van der Waals surface area contributed by atoms with Gasteiger partial charge in [0, 0.05) is 6.04 Å². The van der Waals surface area contributed by atoms with E-state index >= 15 is 0 Å². The molecule has 0 fully saturated rings. The summed E-state index contributed by atoms with van der Waals surface area (Å²) in [4.78, 5) is 0. The Bertz CT molecular complexity index is 339. The lowest BCUT2D eigenvalue weighted by molar-refractivity contribution is 0.527. The van der Waals surface area contributed by atoms with Gasteiger partial charge < -0.3 is 5.32 Å². The van der Waals surface area contributed by atoms with Crippen LogP contribution in [0, 0.1) is 11.7 Å². The van der Waals surface area contributed by atoms with Gasteiger partial charge in [-0.3, -0.25) is 0 Å². The average Bonchev–Trinajstić information content (AvgIpc) is 2.20. The molecule has 0 heterocycles. The number of anilines is 1. The van der Waals surface area contributed by atoms with Gasteiger partial charge >= 0.3 is 0 Å². The summed E-state index contributed by atoms with van der Waals surface area (Å²) in [7, 11) is 0. The van der Waals surface area contributed by atoms with E-state index in [1.165, 1.54) is 12.1 Å².